The van der Waals surface area contributed by atoms with Crippen LogP contribution in [-0.2, 0) is 19.9 Å². The van der Waals surface area contributed by atoms with Crippen LogP contribution >= 0.6 is 0 Å². The molecule has 1 spiro atoms. The van der Waals surface area contributed by atoms with Gasteiger partial charge in [0.25, 0.3) is 5.69 Å². The molecule has 2 aromatic carbocycles. The lowest BCUT2D eigenvalue weighted by Gasteiger charge is -2.30. The molecule has 0 radical (unpaired) electrons. The van der Waals surface area contributed by atoms with Crippen molar-refractivity contribution >= 4 is 34.8 Å². The quantitative estimate of drug-likeness (QED) is 0.435. The number of imide groups is 1. The van der Waals surface area contributed by atoms with E-state index in [2.05, 4.69) is 10.6 Å². The number of carbonyl (C=O) groups is 3. The number of para-hydroxylation sites is 1. The third-order valence-electron chi connectivity index (χ3n) is 6.99. The third kappa shape index (κ3) is 2.39. The number of nitro groups is 1. The number of benzene rings is 2. The first kappa shape index (κ1) is 20.3. The van der Waals surface area contributed by atoms with Gasteiger partial charge in [-0.15, -0.1) is 0 Å². The highest BCUT2D eigenvalue weighted by atomic mass is 16.6. The van der Waals surface area contributed by atoms with Gasteiger partial charge >= 0.3 is 0 Å². The fourth-order valence-electron chi connectivity index (χ4n) is 5.55. The molecule has 2 N–H and O–H groups in total. The van der Waals surface area contributed by atoms with Crippen LogP contribution in [0.15, 0.2) is 42.5 Å². The minimum Gasteiger partial charge on any atom is -0.324 e. The Balaban J connectivity index is 1.70. The molecule has 5 rings (SSSR count). The number of nitrogens with zero attached hydrogens (tertiary/aromatic N) is 2. The number of nitro benzene ring substituents is 1. The van der Waals surface area contributed by atoms with Gasteiger partial charge in [0, 0.05) is 23.4 Å². The lowest BCUT2D eigenvalue weighted by atomic mass is 9.76. The zero-order valence-corrected chi connectivity index (χ0v) is 17.8. The van der Waals surface area contributed by atoms with Gasteiger partial charge in [-0.05, 0) is 25.0 Å². The number of carbonyl (C=O) groups excluding carboxylic acids is 3. The fraction of sp³-hybridized carbons (Fsp3) is 0.348. The first-order valence-electron chi connectivity index (χ1n) is 10.5. The Morgan fingerprint density at radius 2 is 1.78 bits per heavy atom. The maximum absolute atomic E-state index is 13.8. The highest BCUT2D eigenvalue weighted by molar-refractivity contribution is 6.26. The molecule has 32 heavy (non-hydrogen) atoms. The summed E-state index contributed by atoms with van der Waals surface area (Å²) in [5.41, 5.74) is 0.135. The molecule has 3 heterocycles. The van der Waals surface area contributed by atoms with E-state index in [4.69, 9.17) is 0 Å². The zero-order valence-electron chi connectivity index (χ0n) is 17.8. The summed E-state index contributed by atoms with van der Waals surface area (Å²) in [4.78, 5) is 52.8. The van der Waals surface area contributed by atoms with Gasteiger partial charge in [0.05, 0.1) is 28.0 Å². The average Bonchev–Trinajstić information content (AvgIpc) is 3.34. The van der Waals surface area contributed by atoms with Gasteiger partial charge < -0.3 is 5.32 Å². The zero-order chi connectivity index (χ0) is 22.9. The van der Waals surface area contributed by atoms with Crippen LogP contribution in [0.2, 0.25) is 0 Å². The normalized spacial score (nSPS) is 28.4. The summed E-state index contributed by atoms with van der Waals surface area (Å²) in [6, 6.07) is 11.1. The summed E-state index contributed by atoms with van der Waals surface area (Å²) in [6.45, 7) is 5.39. The van der Waals surface area contributed by atoms with Gasteiger partial charge in [-0.3, -0.25) is 29.8 Å². The molecule has 2 fully saturated rings. The minimum absolute atomic E-state index is 0.0367. The number of nitrogens with one attached hydrogen (secondary N) is 2. The molecule has 3 amide bonds. The predicted octanol–water partition coefficient (Wildman–Crippen LogP) is 2.48. The van der Waals surface area contributed by atoms with Crippen molar-refractivity contribution in [3.8, 4) is 0 Å². The van der Waals surface area contributed by atoms with E-state index in [1.165, 1.54) is 25.1 Å². The summed E-state index contributed by atoms with van der Waals surface area (Å²) < 4.78 is 0. The number of hydrogen-bond donors (Lipinski definition) is 2. The van der Waals surface area contributed by atoms with Crippen LogP contribution in [0.3, 0.4) is 0 Å². The summed E-state index contributed by atoms with van der Waals surface area (Å²) in [6.07, 6.45) is 0. The first-order valence-corrected chi connectivity index (χ1v) is 10.5. The Kier molecular flexibility index (Phi) is 4.26. The van der Waals surface area contributed by atoms with E-state index < -0.39 is 40.2 Å². The Morgan fingerprint density at radius 3 is 2.47 bits per heavy atom. The summed E-state index contributed by atoms with van der Waals surface area (Å²) in [5, 5.41) is 17.6. The van der Waals surface area contributed by atoms with Crippen LogP contribution < -0.4 is 15.5 Å². The van der Waals surface area contributed by atoms with E-state index in [9.17, 15) is 24.5 Å². The minimum atomic E-state index is -1.37. The van der Waals surface area contributed by atoms with Gasteiger partial charge in [0.15, 0.2) is 0 Å². The highest BCUT2D eigenvalue weighted by Crippen LogP contribution is 2.54. The van der Waals surface area contributed by atoms with E-state index in [1.54, 1.807) is 24.3 Å². The summed E-state index contributed by atoms with van der Waals surface area (Å²) >= 11 is 0. The van der Waals surface area contributed by atoms with Gasteiger partial charge in [-0.25, -0.2) is 4.90 Å². The number of rotatable bonds is 3. The van der Waals surface area contributed by atoms with E-state index >= 15 is 0 Å². The number of anilines is 2. The smallest absolute Gasteiger partial charge is 0.274 e. The van der Waals surface area contributed by atoms with Gasteiger partial charge in [0.1, 0.15) is 5.54 Å². The first-order chi connectivity index (χ1) is 15.2. The van der Waals surface area contributed by atoms with Crippen LogP contribution in [-0.4, -0.2) is 28.7 Å². The molecule has 164 valence electrons. The summed E-state index contributed by atoms with van der Waals surface area (Å²) in [7, 11) is 0. The predicted molar refractivity (Wildman–Crippen MR) is 116 cm³/mol. The highest BCUT2D eigenvalue weighted by Gasteiger charge is 2.71. The molecule has 3 aliphatic heterocycles. The molecule has 0 bridgehead atoms. The molecular formula is C23H22N4O5. The molecule has 2 aromatic rings. The van der Waals surface area contributed by atoms with Gasteiger partial charge in [-0.2, -0.15) is 0 Å². The summed E-state index contributed by atoms with van der Waals surface area (Å²) in [5.74, 6) is -3.08. The topological polar surface area (TPSA) is 122 Å². The van der Waals surface area contributed by atoms with E-state index in [0.29, 0.717) is 11.3 Å². The molecule has 3 aliphatic rings. The fourth-order valence-corrected chi connectivity index (χ4v) is 5.55. The Labute approximate surface area is 183 Å². The second-order valence-electron chi connectivity index (χ2n) is 8.92. The number of amides is 3. The molecule has 0 unspecified atom stereocenters. The van der Waals surface area contributed by atoms with Crippen molar-refractivity contribution in [3.05, 3.63) is 63.7 Å². The van der Waals surface area contributed by atoms with E-state index in [0.717, 1.165) is 4.90 Å². The van der Waals surface area contributed by atoms with Crippen molar-refractivity contribution in [1.82, 2.24) is 5.32 Å². The molecule has 0 aromatic heterocycles. The lowest BCUT2D eigenvalue weighted by molar-refractivity contribution is -0.385. The van der Waals surface area contributed by atoms with Crippen LogP contribution in [0, 0.1) is 34.8 Å². The van der Waals surface area contributed by atoms with Crippen molar-refractivity contribution in [1.29, 1.82) is 0 Å². The van der Waals surface area contributed by atoms with Crippen LogP contribution in [0.1, 0.15) is 25.0 Å². The molecule has 9 nitrogen and oxygen atoms in total. The van der Waals surface area contributed by atoms with Crippen molar-refractivity contribution in [2.45, 2.75) is 32.4 Å². The van der Waals surface area contributed by atoms with E-state index in [-0.39, 0.29) is 28.8 Å². The van der Waals surface area contributed by atoms with Crippen LogP contribution in [0.4, 0.5) is 17.1 Å². The second kappa shape index (κ2) is 6.70. The standard InChI is InChI=1S/C23H22N4O5/c1-11(2)19-17-18(23(25-19)13-7-4-5-8-14(13)24-22(23)30)21(29)26(20(17)28)15-9-6-10-16(12(15)3)27(31)32/h4-11,17-19,25H,1-3H3,(H,24,30)/t17-,18-,19-,23+/m0/s1. The average molecular weight is 434 g/mol. The van der Waals surface area contributed by atoms with Crippen LogP contribution in [0.25, 0.3) is 0 Å². The third-order valence-corrected chi connectivity index (χ3v) is 6.99. The maximum Gasteiger partial charge on any atom is 0.274 e. The van der Waals surface area contributed by atoms with Gasteiger partial charge in [0.2, 0.25) is 17.7 Å². The molecule has 2 saturated heterocycles. The monoisotopic (exact) mass is 434 g/mol. The Morgan fingerprint density at radius 1 is 1.06 bits per heavy atom. The molecule has 9 heteroatoms. The van der Waals surface area contributed by atoms with Gasteiger partial charge in [-0.1, -0.05) is 38.1 Å². The Bertz CT molecular complexity index is 1210. The SMILES string of the molecule is Cc1c(N2C(=O)[C@H]3[C@@H](C2=O)[C@@]2(N[C@H]3C(C)C)C(=O)Nc3ccccc32)cccc1[N+](=O)[O-]. The molecule has 4 atom stereocenters. The number of fused-ring (bicyclic) bond motifs is 4. The lowest BCUT2D eigenvalue weighted by Crippen LogP contribution is -2.54. The van der Waals surface area contributed by atoms with E-state index in [1.807, 2.05) is 13.8 Å². The molecular weight excluding hydrogens is 412 g/mol. The van der Waals surface area contributed by atoms with Crippen molar-refractivity contribution in [2.75, 3.05) is 10.2 Å². The largest absolute Gasteiger partial charge is 0.324 e. The van der Waals surface area contributed by atoms with Crippen molar-refractivity contribution in [3.63, 3.8) is 0 Å². The molecule has 0 aliphatic carbocycles. The van der Waals surface area contributed by atoms with Crippen molar-refractivity contribution in [2.24, 2.45) is 17.8 Å². The van der Waals surface area contributed by atoms with Crippen LogP contribution in [0.5, 0.6) is 0 Å². The molecule has 0 saturated carbocycles. The number of hydrogen-bond acceptors (Lipinski definition) is 6. The second-order valence-corrected chi connectivity index (χ2v) is 8.92. The maximum atomic E-state index is 13.8. The van der Waals surface area contributed by atoms with Crippen molar-refractivity contribution < 1.29 is 19.3 Å². The Hall–Kier alpha value is -3.59.